The molecular weight excluding hydrogens is 605 g/mol. The highest BCUT2D eigenvalue weighted by Gasteiger charge is 2.34. The highest BCUT2D eigenvalue weighted by molar-refractivity contribution is 7.07. The van der Waals surface area contributed by atoms with E-state index in [-0.39, 0.29) is 29.7 Å². The van der Waals surface area contributed by atoms with Crippen molar-refractivity contribution < 1.29 is 23.4 Å². The van der Waals surface area contributed by atoms with Gasteiger partial charge in [0.05, 0.1) is 48.2 Å². The first kappa shape index (κ1) is 31.0. The summed E-state index contributed by atoms with van der Waals surface area (Å²) in [6, 6.07) is 19.1. The molecule has 0 amide bonds. The maximum Gasteiger partial charge on any atom is 0.338 e. The fraction of sp³-hybridized carbons (Fsp3) is 0.250. The maximum atomic E-state index is 14.6. The number of allylic oxidation sites excluding steroid dienone is 1. The van der Waals surface area contributed by atoms with Crippen molar-refractivity contribution in [3.8, 4) is 11.5 Å². The standard InChI is InChI=1S/C36H34FN3O5S/c1-6-44-35(42)32-22(4)38-36-40(33(32)23-15-16-29(45-21(2)3)30(17-23)43-5)34(41)31(46-36)18-25-20-39(28-14-10-8-12-26(25)28)19-24-11-7-9-13-27(24)37/h7-18,20-21,33H,6,19H2,1-5H3/b31-18+/t33-/m0/s1. The van der Waals surface area contributed by atoms with E-state index in [0.29, 0.717) is 44.2 Å². The van der Waals surface area contributed by atoms with Crippen molar-refractivity contribution in [3.05, 3.63) is 126 Å². The second-order valence-corrected chi connectivity index (χ2v) is 12.2. The van der Waals surface area contributed by atoms with Gasteiger partial charge < -0.3 is 18.8 Å². The van der Waals surface area contributed by atoms with Crippen LogP contribution in [0.2, 0.25) is 0 Å². The number of fused-ring (bicyclic) bond motifs is 2. The number of esters is 1. The summed E-state index contributed by atoms with van der Waals surface area (Å²) in [4.78, 5) is 32.8. The molecule has 3 heterocycles. The average molecular weight is 640 g/mol. The van der Waals surface area contributed by atoms with Crippen LogP contribution in [0.5, 0.6) is 11.5 Å². The number of thiazole rings is 1. The molecule has 0 saturated carbocycles. The monoisotopic (exact) mass is 639 g/mol. The van der Waals surface area contributed by atoms with Crippen LogP contribution >= 0.6 is 11.3 Å². The fourth-order valence-electron chi connectivity index (χ4n) is 5.78. The minimum atomic E-state index is -0.804. The Bertz CT molecular complexity index is 2180. The lowest BCUT2D eigenvalue weighted by Crippen LogP contribution is -2.40. The predicted molar refractivity (Wildman–Crippen MR) is 177 cm³/mol. The summed E-state index contributed by atoms with van der Waals surface area (Å²) in [6.07, 6.45) is 3.69. The second kappa shape index (κ2) is 12.8. The third-order valence-corrected chi connectivity index (χ3v) is 8.77. The number of methoxy groups -OCH3 is 1. The van der Waals surface area contributed by atoms with Gasteiger partial charge >= 0.3 is 5.97 Å². The van der Waals surface area contributed by atoms with Gasteiger partial charge in [0.25, 0.3) is 5.56 Å². The van der Waals surface area contributed by atoms with E-state index in [9.17, 15) is 14.0 Å². The third-order valence-electron chi connectivity index (χ3n) is 7.79. The lowest BCUT2D eigenvalue weighted by molar-refractivity contribution is -0.139. The number of hydrogen-bond donors (Lipinski definition) is 0. The summed E-state index contributed by atoms with van der Waals surface area (Å²) in [5.41, 5.74) is 3.40. The average Bonchev–Trinajstić information content (AvgIpc) is 3.53. The van der Waals surface area contributed by atoms with E-state index in [0.717, 1.165) is 16.5 Å². The molecule has 5 aromatic rings. The van der Waals surface area contributed by atoms with Gasteiger partial charge in [-0.3, -0.25) is 9.36 Å². The highest BCUT2D eigenvalue weighted by Crippen LogP contribution is 2.36. The van der Waals surface area contributed by atoms with E-state index in [2.05, 4.69) is 0 Å². The molecule has 1 aliphatic heterocycles. The quantitative estimate of drug-likeness (QED) is 0.192. The van der Waals surface area contributed by atoms with Crippen LogP contribution in [0, 0.1) is 5.82 Å². The molecule has 8 nitrogen and oxygen atoms in total. The van der Waals surface area contributed by atoms with Crippen molar-refractivity contribution in [1.29, 1.82) is 0 Å². The molecule has 0 bridgehead atoms. The molecule has 2 aromatic heterocycles. The number of aromatic nitrogens is 2. The van der Waals surface area contributed by atoms with E-state index in [4.69, 9.17) is 19.2 Å². The summed E-state index contributed by atoms with van der Waals surface area (Å²) in [5, 5.41) is 0.926. The molecule has 0 aliphatic carbocycles. The Morgan fingerprint density at radius 3 is 2.59 bits per heavy atom. The minimum Gasteiger partial charge on any atom is -0.493 e. The van der Waals surface area contributed by atoms with Gasteiger partial charge in [0, 0.05) is 28.2 Å². The van der Waals surface area contributed by atoms with Gasteiger partial charge in [-0.2, -0.15) is 0 Å². The number of carbonyl (C=O) groups is 1. The van der Waals surface area contributed by atoms with Crippen LogP contribution in [0.15, 0.2) is 94.0 Å². The van der Waals surface area contributed by atoms with Gasteiger partial charge in [-0.1, -0.05) is 53.8 Å². The number of carbonyl (C=O) groups excluding carboxylic acids is 1. The maximum absolute atomic E-state index is 14.6. The van der Waals surface area contributed by atoms with Gasteiger partial charge in [-0.15, -0.1) is 0 Å². The van der Waals surface area contributed by atoms with Crippen molar-refractivity contribution in [2.24, 2.45) is 4.99 Å². The summed E-state index contributed by atoms with van der Waals surface area (Å²) in [5.74, 6) is 0.219. The molecule has 236 valence electrons. The first-order valence-electron chi connectivity index (χ1n) is 15.1. The predicted octanol–water partition coefficient (Wildman–Crippen LogP) is 5.74. The van der Waals surface area contributed by atoms with Crippen LogP contribution in [-0.4, -0.2) is 34.9 Å². The Morgan fingerprint density at radius 2 is 1.85 bits per heavy atom. The van der Waals surface area contributed by atoms with Gasteiger partial charge in [0.2, 0.25) is 0 Å². The molecule has 0 fully saturated rings. The van der Waals surface area contributed by atoms with Crippen LogP contribution in [0.25, 0.3) is 17.0 Å². The van der Waals surface area contributed by atoms with Crippen LogP contribution in [0.1, 0.15) is 50.4 Å². The Balaban J connectivity index is 1.52. The number of ether oxygens (including phenoxy) is 3. The zero-order valence-corrected chi connectivity index (χ0v) is 27.1. The molecule has 10 heteroatoms. The van der Waals surface area contributed by atoms with Crippen molar-refractivity contribution in [2.75, 3.05) is 13.7 Å². The van der Waals surface area contributed by atoms with E-state index in [1.54, 1.807) is 49.8 Å². The lowest BCUT2D eigenvalue weighted by Gasteiger charge is -2.25. The zero-order valence-electron chi connectivity index (χ0n) is 26.2. The number of rotatable bonds is 9. The lowest BCUT2D eigenvalue weighted by atomic mass is 9.95. The zero-order chi connectivity index (χ0) is 32.5. The van der Waals surface area contributed by atoms with E-state index in [1.165, 1.54) is 17.4 Å². The van der Waals surface area contributed by atoms with E-state index >= 15 is 0 Å². The van der Waals surface area contributed by atoms with Crippen LogP contribution < -0.4 is 24.4 Å². The molecule has 0 saturated heterocycles. The summed E-state index contributed by atoms with van der Waals surface area (Å²) >= 11 is 1.25. The number of halogens is 1. The number of nitrogens with zero attached hydrogens (tertiary/aromatic N) is 3. The molecule has 3 aromatic carbocycles. The topological polar surface area (TPSA) is 84.1 Å². The summed E-state index contributed by atoms with van der Waals surface area (Å²) in [7, 11) is 1.55. The number of hydrogen-bond acceptors (Lipinski definition) is 7. The van der Waals surface area contributed by atoms with Crippen molar-refractivity contribution in [2.45, 2.75) is 46.4 Å². The molecule has 6 rings (SSSR count). The molecule has 0 unspecified atom stereocenters. The second-order valence-electron chi connectivity index (χ2n) is 11.2. The normalized spacial score (nSPS) is 14.8. The first-order valence-corrected chi connectivity index (χ1v) is 15.9. The van der Waals surface area contributed by atoms with Crippen molar-refractivity contribution in [1.82, 2.24) is 9.13 Å². The molecule has 1 aliphatic rings. The Kier molecular flexibility index (Phi) is 8.64. The molecular formula is C36H34FN3O5S. The molecule has 0 radical (unpaired) electrons. The van der Waals surface area contributed by atoms with Crippen molar-refractivity contribution in [3.63, 3.8) is 0 Å². The highest BCUT2D eigenvalue weighted by atomic mass is 32.1. The summed E-state index contributed by atoms with van der Waals surface area (Å²) < 4.78 is 35.5. The number of para-hydroxylation sites is 1. The molecule has 46 heavy (non-hydrogen) atoms. The van der Waals surface area contributed by atoms with Gasteiger partial charge in [-0.05, 0) is 63.6 Å². The Hall–Kier alpha value is -4.96. The van der Waals surface area contributed by atoms with Crippen molar-refractivity contribution >= 4 is 34.3 Å². The van der Waals surface area contributed by atoms with Gasteiger partial charge in [0.1, 0.15) is 5.82 Å². The smallest absolute Gasteiger partial charge is 0.338 e. The van der Waals surface area contributed by atoms with Crippen LogP contribution in [0.3, 0.4) is 0 Å². The third kappa shape index (κ3) is 5.76. The SMILES string of the molecule is CCOC(=O)C1=C(C)N=c2s/c(=C/c3cn(Cc4ccccc4F)c4ccccc34)c(=O)n2[C@H]1c1ccc(OC(C)C)c(OC)c1. The Labute approximate surface area is 269 Å². The van der Waals surface area contributed by atoms with Gasteiger partial charge in [0.15, 0.2) is 16.3 Å². The fourth-order valence-corrected chi connectivity index (χ4v) is 6.82. The first-order chi connectivity index (χ1) is 22.2. The van der Waals surface area contributed by atoms with E-state index in [1.807, 2.05) is 67.1 Å². The largest absolute Gasteiger partial charge is 0.493 e. The number of benzene rings is 3. The molecule has 0 N–H and O–H groups in total. The molecule has 0 spiro atoms. The Morgan fingerprint density at radius 1 is 1.09 bits per heavy atom. The molecule has 1 atom stereocenters. The summed E-state index contributed by atoms with van der Waals surface area (Å²) in [6.45, 7) is 7.85. The minimum absolute atomic E-state index is 0.0766. The van der Waals surface area contributed by atoms with Crippen LogP contribution in [-0.2, 0) is 16.1 Å². The van der Waals surface area contributed by atoms with E-state index < -0.39 is 12.0 Å². The van der Waals surface area contributed by atoms with Crippen LogP contribution in [0.4, 0.5) is 4.39 Å². The van der Waals surface area contributed by atoms with Gasteiger partial charge in [-0.25, -0.2) is 14.2 Å².